The summed E-state index contributed by atoms with van der Waals surface area (Å²) in [6.07, 6.45) is 1.84. The molecule has 1 aliphatic carbocycles. The van der Waals surface area contributed by atoms with Crippen LogP contribution in [0, 0.1) is 18.3 Å². The minimum absolute atomic E-state index is 0.155. The van der Waals surface area contributed by atoms with Crippen LogP contribution in [0.3, 0.4) is 0 Å². The predicted octanol–water partition coefficient (Wildman–Crippen LogP) is 5.24. The summed E-state index contributed by atoms with van der Waals surface area (Å²) in [6.45, 7) is 6.48. The maximum absolute atomic E-state index is 9.41. The van der Waals surface area contributed by atoms with E-state index in [1.807, 2.05) is 25.3 Å². The highest BCUT2D eigenvalue weighted by atomic mass is 14.7. The Morgan fingerprint density at radius 2 is 1.75 bits per heavy atom. The van der Waals surface area contributed by atoms with Crippen LogP contribution in [0.15, 0.2) is 54.7 Å². The third-order valence-corrected chi connectivity index (χ3v) is 5.08. The summed E-state index contributed by atoms with van der Waals surface area (Å²) >= 11 is 0. The minimum Gasteiger partial charge on any atom is -0.256 e. The molecule has 4 rings (SSSR count). The maximum atomic E-state index is 9.41. The van der Waals surface area contributed by atoms with E-state index in [0.29, 0.717) is 0 Å². The summed E-state index contributed by atoms with van der Waals surface area (Å²) in [5, 5.41) is 9.41. The van der Waals surface area contributed by atoms with Gasteiger partial charge in [0.05, 0.1) is 17.3 Å². The zero-order chi connectivity index (χ0) is 16.9. The van der Waals surface area contributed by atoms with Crippen LogP contribution in [0.5, 0.6) is 0 Å². The first kappa shape index (κ1) is 14.7. The van der Waals surface area contributed by atoms with Gasteiger partial charge in [0.15, 0.2) is 0 Å². The van der Waals surface area contributed by atoms with E-state index in [-0.39, 0.29) is 5.41 Å². The summed E-state index contributed by atoms with van der Waals surface area (Å²) in [4.78, 5) is 4.55. The average Bonchev–Trinajstić information content (AvgIpc) is 2.82. The molecule has 0 saturated heterocycles. The van der Waals surface area contributed by atoms with E-state index in [0.717, 1.165) is 16.8 Å². The highest BCUT2D eigenvalue weighted by molar-refractivity contribution is 5.88. The van der Waals surface area contributed by atoms with Crippen molar-refractivity contribution >= 4 is 0 Å². The van der Waals surface area contributed by atoms with Gasteiger partial charge in [-0.05, 0) is 59.0 Å². The van der Waals surface area contributed by atoms with Crippen molar-refractivity contribution in [3.05, 3.63) is 77.0 Å². The van der Waals surface area contributed by atoms with Crippen LogP contribution in [0.2, 0.25) is 0 Å². The molecule has 0 radical (unpaired) electrons. The molecule has 0 bridgehead atoms. The van der Waals surface area contributed by atoms with Crippen LogP contribution >= 0.6 is 0 Å². The van der Waals surface area contributed by atoms with Gasteiger partial charge in [-0.15, -0.1) is 0 Å². The monoisotopic (exact) mass is 310 g/mol. The Hall–Kier alpha value is -2.92. The molecule has 0 saturated carbocycles. The Kier molecular flexibility index (Phi) is 3.08. The Morgan fingerprint density at radius 3 is 2.46 bits per heavy atom. The maximum Gasteiger partial charge on any atom is 0.0994 e. The number of nitrogens with zero attached hydrogens (tertiary/aromatic N) is 2. The van der Waals surface area contributed by atoms with Gasteiger partial charge in [0.1, 0.15) is 0 Å². The normalized spacial score (nSPS) is 13.9. The molecule has 2 heteroatoms. The first-order chi connectivity index (χ1) is 11.5. The van der Waals surface area contributed by atoms with Gasteiger partial charge in [0.2, 0.25) is 0 Å². The molecule has 0 spiro atoms. The van der Waals surface area contributed by atoms with Gasteiger partial charge >= 0.3 is 0 Å². The molecule has 1 heterocycles. The lowest BCUT2D eigenvalue weighted by Crippen LogP contribution is -2.16. The zero-order valence-corrected chi connectivity index (χ0v) is 14.1. The Bertz CT molecular complexity index is 992. The highest BCUT2D eigenvalue weighted by Gasteiger charge is 2.38. The van der Waals surface area contributed by atoms with E-state index in [1.54, 1.807) is 0 Å². The second-order valence-corrected chi connectivity index (χ2v) is 6.89. The van der Waals surface area contributed by atoms with Crippen molar-refractivity contribution in [3.63, 3.8) is 0 Å². The number of pyridine rings is 1. The quantitative estimate of drug-likeness (QED) is 0.616. The lowest BCUT2D eigenvalue weighted by Gasteiger charge is -2.24. The van der Waals surface area contributed by atoms with Gasteiger partial charge in [-0.25, -0.2) is 0 Å². The number of rotatable bonds is 1. The van der Waals surface area contributed by atoms with Gasteiger partial charge in [-0.2, -0.15) is 5.26 Å². The molecule has 24 heavy (non-hydrogen) atoms. The third kappa shape index (κ3) is 1.91. The number of hydrogen-bond acceptors (Lipinski definition) is 2. The minimum atomic E-state index is -0.155. The molecule has 0 aliphatic heterocycles. The van der Waals surface area contributed by atoms with Crippen LogP contribution in [0.1, 0.15) is 36.1 Å². The second-order valence-electron chi connectivity index (χ2n) is 6.89. The van der Waals surface area contributed by atoms with Crippen molar-refractivity contribution in [2.75, 3.05) is 0 Å². The van der Waals surface area contributed by atoms with Crippen LogP contribution < -0.4 is 0 Å². The fourth-order valence-electron chi connectivity index (χ4n) is 3.89. The molecule has 1 aromatic heterocycles. The number of nitriles is 1. The second kappa shape index (κ2) is 5.04. The van der Waals surface area contributed by atoms with Crippen LogP contribution in [-0.4, -0.2) is 4.98 Å². The van der Waals surface area contributed by atoms with Crippen LogP contribution in [0.4, 0.5) is 0 Å². The summed E-state index contributed by atoms with van der Waals surface area (Å²) < 4.78 is 0. The molecule has 1 aliphatic rings. The van der Waals surface area contributed by atoms with Gasteiger partial charge < -0.3 is 0 Å². The first-order valence-corrected chi connectivity index (χ1v) is 8.14. The molecule has 0 unspecified atom stereocenters. The molecule has 0 atom stereocenters. The lowest BCUT2D eigenvalue weighted by molar-refractivity contribution is 0.661. The van der Waals surface area contributed by atoms with Gasteiger partial charge in [0, 0.05) is 17.2 Å². The van der Waals surface area contributed by atoms with Crippen LogP contribution in [-0.2, 0) is 5.41 Å². The standard InChI is InChI=1S/C22H18N2/c1-14-11-18-16-7-6-8-17(20-9-4-5-10-24-20)21(16)22(2,3)19(18)12-15(14)13-23/h4-12H,1-3H3. The van der Waals surface area contributed by atoms with E-state index < -0.39 is 0 Å². The molecular weight excluding hydrogens is 292 g/mol. The van der Waals surface area contributed by atoms with E-state index >= 15 is 0 Å². The SMILES string of the molecule is Cc1cc2c(cc1C#N)C(C)(C)c1c(-c3ccccn3)cccc1-2. The molecule has 116 valence electrons. The van der Waals surface area contributed by atoms with E-state index in [2.05, 4.69) is 61.3 Å². The third-order valence-electron chi connectivity index (χ3n) is 5.08. The molecular formula is C22H18N2. The fourth-order valence-corrected chi connectivity index (χ4v) is 3.89. The van der Waals surface area contributed by atoms with Crippen molar-refractivity contribution in [2.45, 2.75) is 26.2 Å². The number of hydrogen-bond donors (Lipinski definition) is 0. The molecule has 0 amide bonds. The zero-order valence-electron chi connectivity index (χ0n) is 14.1. The summed E-state index contributed by atoms with van der Waals surface area (Å²) in [5.74, 6) is 0. The van der Waals surface area contributed by atoms with E-state index in [4.69, 9.17) is 0 Å². The molecule has 0 fully saturated rings. The van der Waals surface area contributed by atoms with Gasteiger partial charge in [-0.1, -0.05) is 38.1 Å². The molecule has 2 nitrogen and oxygen atoms in total. The topological polar surface area (TPSA) is 36.7 Å². The first-order valence-electron chi connectivity index (χ1n) is 8.14. The Labute approximate surface area is 142 Å². The van der Waals surface area contributed by atoms with Gasteiger partial charge in [-0.3, -0.25) is 4.98 Å². The summed E-state index contributed by atoms with van der Waals surface area (Å²) in [6, 6.07) is 19.0. The van der Waals surface area contributed by atoms with Crippen molar-refractivity contribution in [2.24, 2.45) is 0 Å². The number of benzene rings is 2. The molecule has 3 aromatic rings. The summed E-state index contributed by atoms with van der Waals surface area (Å²) in [5.41, 5.74) is 8.82. The highest BCUT2D eigenvalue weighted by Crippen LogP contribution is 2.52. The van der Waals surface area contributed by atoms with E-state index in [9.17, 15) is 5.26 Å². The van der Waals surface area contributed by atoms with Crippen molar-refractivity contribution in [1.29, 1.82) is 5.26 Å². The number of fused-ring (bicyclic) bond motifs is 3. The van der Waals surface area contributed by atoms with Crippen LogP contribution in [0.25, 0.3) is 22.4 Å². The smallest absolute Gasteiger partial charge is 0.0994 e. The van der Waals surface area contributed by atoms with Crippen molar-refractivity contribution in [3.8, 4) is 28.5 Å². The Morgan fingerprint density at radius 1 is 0.958 bits per heavy atom. The summed E-state index contributed by atoms with van der Waals surface area (Å²) in [7, 11) is 0. The van der Waals surface area contributed by atoms with Gasteiger partial charge in [0.25, 0.3) is 0 Å². The van der Waals surface area contributed by atoms with Crippen molar-refractivity contribution in [1.82, 2.24) is 4.98 Å². The number of aromatic nitrogens is 1. The largest absolute Gasteiger partial charge is 0.256 e. The molecule has 0 N–H and O–H groups in total. The van der Waals surface area contributed by atoms with Crippen molar-refractivity contribution < 1.29 is 0 Å². The lowest BCUT2D eigenvalue weighted by atomic mass is 9.79. The fraction of sp³-hybridized carbons (Fsp3) is 0.182. The Balaban J connectivity index is 2.05. The number of aryl methyl sites for hydroxylation is 1. The average molecular weight is 310 g/mol. The van der Waals surface area contributed by atoms with E-state index in [1.165, 1.54) is 27.8 Å². The molecule has 2 aromatic carbocycles. The predicted molar refractivity (Wildman–Crippen MR) is 96.7 cm³/mol.